The van der Waals surface area contributed by atoms with Crippen LogP contribution in [0.2, 0.25) is 0 Å². The molecule has 0 bridgehead atoms. The van der Waals surface area contributed by atoms with E-state index in [1.807, 2.05) is 36.4 Å². The molecular weight excluding hydrogens is 376 g/mol. The van der Waals surface area contributed by atoms with E-state index in [0.717, 1.165) is 28.8 Å². The fourth-order valence-corrected chi connectivity index (χ4v) is 3.59. The van der Waals surface area contributed by atoms with Gasteiger partial charge in [-0.3, -0.25) is 9.48 Å². The van der Waals surface area contributed by atoms with Crippen LogP contribution in [0.3, 0.4) is 0 Å². The predicted octanol–water partition coefficient (Wildman–Crippen LogP) is 3.09. The van der Waals surface area contributed by atoms with Crippen LogP contribution in [0.1, 0.15) is 28.3 Å². The van der Waals surface area contributed by atoms with Crippen molar-refractivity contribution in [2.45, 2.75) is 13.0 Å². The lowest BCUT2D eigenvalue weighted by Gasteiger charge is -2.13. The van der Waals surface area contributed by atoms with Gasteiger partial charge in [-0.1, -0.05) is 36.4 Å². The SMILES string of the molecule is Nc1ccc(C2=CCC=C(c3nccc(-c4cc5n(n4)CCNC5=O)n3)C=C2)cc1. The molecule has 1 aromatic carbocycles. The Kier molecular flexibility index (Phi) is 4.48. The number of benzene rings is 1. The molecule has 0 radical (unpaired) electrons. The molecule has 0 saturated carbocycles. The van der Waals surface area contributed by atoms with Gasteiger partial charge in [0.25, 0.3) is 5.91 Å². The lowest BCUT2D eigenvalue weighted by Crippen LogP contribution is -2.35. The number of nitrogens with zero attached hydrogens (tertiary/aromatic N) is 4. The second-order valence-electron chi connectivity index (χ2n) is 7.17. The van der Waals surface area contributed by atoms with Crippen LogP contribution >= 0.6 is 0 Å². The Balaban J connectivity index is 1.42. The lowest BCUT2D eigenvalue weighted by molar-refractivity contribution is 0.0924. The Morgan fingerprint density at radius 2 is 1.80 bits per heavy atom. The van der Waals surface area contributed by atoms with Crippen molar-refractivity contribution in [1.29, 1.82) is 0 Å². The fraction of sp³-hybridized carbons (Fsp3) is 0.130. The van der Waals surface area contributed by atoms with Gasteiger partial charge in [0.2, 0.25) is 0 Å². The van der Waals surface area contributed by atoms with Gasteiger partial charge in [0.1, 0.15) is 11.4 Å². The number of nitrogens with one attached hydrogen (secondary N) is 1. The summed E-state index contributed by atoms with van der Waals surface area (Å²) in [6.45, 7) is 1.25. The van der Waals surface area contributed by atoms with E-state index in [4.69, 9.17) is 10.7 Å². The predicted molar refractivity (Wildman–Crippen MR) is 116 cm³/mol. The van der Waals surface area contributed by atoms with Gasteiger partial charge in [-0.15, -0.1) is 0 Å². The standard InChI is InChI=1S/C23H20N6O/c24-18-8-6-16(7-9-18)15-2-1-3-17(5-4-15)22-25-11-10-19(27-22)20-14-21-23(30)26-12-13-29(21)28-20/h2-11,14H,1,12-13,24H2,(H,26,30). The minimum absolute atomic E-state index is 0.107. The van der Waals surface area contributed by atoms with Crippen molar-refractivity contribution in [3.63, 3.8) is 0 Å². The van der Waals surface area contributed by atoms with E-state index >= 15 is 0 Å². The average molecular weight is 396 g/mol. The minimum atomic E-state index is -0.107. The molecule has 148 valence electrons. The molecule has 5 rings (SSSR count). The number of amides is 1. The largest absolute Gasteiger partial charge is 0.399 e. The Morgan fingerprint density at radius 3 is 2.63 bits per heavy atom. The van der Waals surface area contributed by atoms with Gasteiger partial charge in [0, 0.05) is 24.0 Å². The van der Waals surface area contributed by atoms with Crippen LogP contribution < -0.4 is 11.1 Å². The van der Waals surface area contributed by atoms with Crippen molar-refractivity contribution in [2.24, 2.45) is 0 Å². The molecule has 7 nitrogen and oxygen atoms in total. The summed E-state index contributed by atoms with van der Waals surface area (Å²) in [6, 6.07) is 11.4. The zero-order valence-corrected chi connectivity index (χ0v) is 16.2. The molecule has 0 saturated heterocycles. The summed E-state index contributed by atoms with van der Waals surface area (Å²) in [5.41, 5.74) is 11.7. The number of anilines is 1. The highest BCUT2D eigenvalue weighted by atomic mass is 16.2. The third-order valence-corrected chi connectivity index (χ3v) is 5.16. The Bertz CT molecular complexity index is 1220. The first-order valence-electron chi connectivity index (χ1n) is 9.81. The molecular formula is C23H20N6O. The highest BCUT2D eigenvalue weighted by molar-refractivity contribution is 5.94. The highest BCUT2D eigenvalue weighted by Crippen LogP contribution is 2.26. The van der Waals surface area contributed by atoms with Gasteiger partial charge < -0.3 is 11.1 Å². The van der Waals surface area contributed by atoms with Crippen molar-refractivity contribution in [2.75, 3.05) is 12.3 Å². The maximum Gasteiger partial charge on any atom is 0.269 e. The smallest absolute Gasteiger partial charge is 0.269 e. The topological polar surface area (TPSA) is 98.7 Å². The van der Waals surface area contributed by atoms with Crippen LogP contribution in [0.25, 0.3) is 22.5 Å². The molecule has 3 N–H and O–H groups in total. The molecule has 7 heteroatoms. The van der Waals surface area contributed by atoms with E-state index in [1.165, 1.54) is 0 Å². The van der Waals surface area contributed by atoms with Crippen LogP contribution in [0.4, 0.5) is 5.69 Å². The van der Waals surface area contributed by atoms with Gasteiger partial charge >= 0.3 is 0 Å². The Hall–Kier alpha value is -4.00. The molecule has 0 spiro atoms. The summed E-state index contributed by atoms with van der Waals surface area (Å²) in [5.74, 6) is 0.524. The summed E-state index contributed by atoms with van der Waals surface area (Å²) >= 11 is 0. The van der Waals surface area contributed by atoms with Crippen molar-refractivity contribution in [3.8, 4) is 11.4 Å². The molecule has 2 aromatic heterocycles. The van der Waals surface area contributed by atoms with Crippen LogP contribution in [-0.4, -0.2) is 32.2 Å². The van der Waals surface area contributed by atoms with Gasteiger partial charge in [-0.05, 0) is 41.8 Å². The first-order chi connectivity index (χ1) is 14.7. The average Bonchev–Trinajstić information content (AvgIpc) is 3.06. The van der Waals surface area contributed by atoms with Crippen LogP contribution in [0.15, 0.2) is 66.9 Å². The first-order valence-corrected chi connectivity index (χ1v) is 9.81. The minimum Gasteiger partial charge on any atom is -0.399 e. The molecule has 3 heterocycles. The van der Waals surface area contributed by atoms with Gasteiger partial charge in [0.15, 0.2) is 5.82 Å². The third kappa shape index (κ3) is 3.41. The van der Waals surface area contributed by atoms with Gasteiger partial charge in [-0.25, -0.2) is 9.97 Å². The summed E-state index contributed by atoms with van der Waals surface area (Å²) in [7, 11) is 0. The van der Waals surface area contributed by atoms with E-state index < -0.39 is 0 Å². The molecule has 1 amide bonds. The second kappa shape index (κ2) is 7.44. The molecule has 1 aliphatic carbocycles. The van der Waals surface area contributed by atoms with Crippen molar-refractivity contribution in [1.82, 2.24) is 25.1 Å². The maximum atomic E-state index is 12.0. The molecule has 0 fully saturated rings. The van der Waals surface area contributed by atoms with E-state index in [2.05, 4.69) is 33.6 Å². The lowest BCUT2D eigenvalue weighted by atomic mass is 10.0. The zero-order valence-electron chi connectivity index (χ0n) is 16.2. The molecule has 0 unspecified atom stereocenters. The molecule has 2 aliphatic rings. The molecule has 30 heavy (non-hydrogen) atoms. The van der Waals surface area contributed by atoms with Crippen LogP contribution in [0.5, 0.6) is 0 Å². The number of nitrogen functional groups attached to an aromatic ring is 1. The Labute approximate surface area is 173 Å². The highest BCUT2D eigenvalue weighted by Gasteiger charge is 2.20. The number of carbonyl (C=O) groups is 1. The number of hydrogen-bond acceptors (Lipinski definition) is 5. The van der Waals surface area contributed by atoms with E-state index in [0.29, 0.717) is 36.0 Å². The maximum absolute atomic E-state index is 12.0. The number of allylic oxidation sites excluding steroid dienone is 6. The summed E-state index contributed by atoms with van der Waals surface area (Å²) < 4.78 is 1.73. The molecule has 3 aromatic rings. The number of hydrogen-bond donors (Lipinski definition) is 2. The normalized spacial score (nSPS) is 15.7. The van der Waals surface area contributed by atoms with Gasteiger partial charge in [0.05, 0.1) is 12.2 Å². The van der Waals surface area contributed by atoms with E-state index in [1.54, 1.807) is 16.9 Å². The second-order valence-corrected chi connectivity index (χ2v) is 7.17. The number of aromatic nitrogens is 4. The quantitative estimate of drug-likeness (QED) is 0.663. The van der Waals surface area contributed by atoms with Crippen molar-refractivity contribution < 1.29 is 4.79 Å². The summed E-state index contributed by atoms with van der Waals surface area (Å²) in [6.07, 6.45) is 10.9. The Morgan fingerprint density at radius 1 is 1.00 bits per heavy atom. The number of carbonyl (C=O) groups excluding carboxylic acids is 1. The van der Waals surface area contributed by atoms with Gasteiger partial charge in [-0.2, -0.15) is 5.10 Å². The van der Waals surface area contributed by atoms with Crippen LogP contribution in [-0.2, 0) is 6.54 Å². The van der Waals surface area contributed by atoms with Crippen LogP contribution in [0, 0.1) is 0 Å². The number of fused-ring (bicyclic) bond motifs is 1. The summed E-state index contributed by atoms with van der Waals surface area (Å²) in [5, 5.41) is 7.37. The number of rotatable bonds is 3. The zero-order chi connectivity index (χ0) is 20.5. The van der Waals surface area contributed by atoms with Crippen molar-refractivity contribution in [3.05, 3.63) is 84.0 Å². The molecule has 0 atom stereocenters. The number of nitrogens with two attached hydrogens (primary N) is 1. The monoisotopic (exact) mass is 396 g/mol. The third-order valence-electron chi connectivity index (χ3n) is 5.16. The molecule has 1 aliphatic heterocycles. The van der Waals surface area contributed by atoms with E-state index in [-0.39, 0.29) is 5.91 Å². The first kappa shape index (κ1) is 18.1. The summed E-state index contributed by atoms with van der Waals surface area (Å²) in [4.78, 5) is 21.2. The van der Waals surface area contributed by atoms with Crippen molar-refractivity contribution >= 4 is 22.7 Å². The fourth-order valence-electron chi connectivity index (χ4n) is 3.59. The van der Waals surface area contributed by atoms with E-state index in [9.17, 15) is 4.79 Å².